The Labute approximate surface area is 176 Å². The van der Waals surface area contributed by atoms with Crippen molar-refractivity contribution in [3.05, 3.63) is 29.3 Å². The van der Waals surface area contributed by atoms with Crippen molar-refractivity contribution >= 4 is 5.97 Å². The zero-order chi connectivity index (χ0) is 20.6. The van der Waals surface area contributed by atoms with Crippen LogP contribution in [0.5, 0.6) is 5.75 Å². The third kappa shape index (κ3) is 5.97. The highest BCUT2D eigenvalue weighted by Gasteiger charge is 2.39. The van der Waals surface area contributed by atoms with Crippen LogP contribution in [0.4, 0.5) is 0 Å². The maximum atomic E-state index is 11.7. The molecule has 1 N–H and O–H groups in total. The van der Waals surface area contributed by atoms with E-state index in [1.54, 1.807) is 0 Å². The fourth-order valence-corrected chi connectivity index (χ4v) is 5.39. The molecule has 2 aliphatic carbocycles. The van der Waals surface area contributed by atoms with E-state index in [9.17, 15) is 9.90 Å². The molecule has 4 atom stereocenters. The summed E-state index contributed by atoms with van der Waals surface area (Å²) in [5, 5.41) is 10.3. The molecule has 0 saturated heterocycles. The van der Waals surface area contributed by atoms with Crippen molar-refractivity contribution in [3.8, 4) is 5.75 Å². The van der Waals surface area contributed by atoms with Crippen LogP contribution in [0.2, 0.25) is 0 Å². The van der Waals surface area contributed by atoms with Gasteiger partial charge >= 0.3 is 5.97 Å². The van der Waals surface area contributed by atoms with Crippen molar-refractivity contribution in [1.29, 1.82) is 0 Å². The van der Waals surface area contributed by atoms with Gasteiger partial charge in [-0.15, -0.1) is 0 Å². The average molecular weight is 403 g/mol. The summed E-state index contributed by atoms with van der Waals surface area (Å²) in [6.07, 6.45) is 11.2. The molecule has 4 unspecified atom stereocenters. The van der Waals surface area contributed by atoms with Gasteiger partial charge in [-0.25, -0.2) is 4.79 Å². The number of aliphatic hydroxyl groups excluding tert-OH is 1. The van der Waals surface area contributed by atoms with Crippen molar-refractivity contribution in [2.75, 3.05) is 13.2 Å². The Hall–Kier alpha value is -1.55. The maximum Gasteiger partial charge on any atom is 0.344 e. The van der Waals surface area contributed by atoms with Gasteiger partial charge in [0, 0.05) is 0 Å². The van der Waals surface area contributed by atoms with Gasteiger partial charge in [-0.2, -0.15) is 0 Å². The van der Waals surface area contributed by atoms with Gasteiger partial charge in [0.2, 0.25) is 0 Å². The van der Waals surface area contributed by atoms with Crippen LogP contribution < -0.4 is 4.74 Å². The number of benzene rings is 1. The summed E-state index contributed by atoms with van der Waals surface area (Å²) < 4.78 is 10.8. The zero-order valence-corrected chi connectivity index (χ0v) is 18.2. The van der Waals surface area contributed by atoms with Gasteiger partial charge in [0.05, 0.1) is 12.7 Å². The lowest BCUT2D eigenvalue weighted by molar-refractivity contribution is -0.145. The third-order valence-electron chi connectivity index (χ3n) is 6.93. The summed E-state index contributed by atoms with van der Waals surface area (Å²) in [7, 11) is 0. The molecule has 1 saturated carbocycles. The smallest absolute Gasteiger partial charge is 0.344 e. The molecular formula is C25H38O4. The molecular weight excluding hydrogens is 364 g/mol. The first kappa shape index (κ1) is 22.1. The number of carbonyl (C=O) groups excluding carboxylic acids is 1. The second-order valence-corrected chi connectivity index (χ2v) is 8.88. The van der Waals surface area contributed by atoms with Crippen LogP contribution in [0.1, 0.15) is 76.3 Å². The fourth-order valence-electron chi connectivity index (χ4n) is 5.39. The Morgan fingerprint density at radius 2 is 2.03 bits per heavy atom. The number of carbonyl (C=O) groups is 1. The number of rotatable bonds is 11. The molecule has 0 heterocycles. The molecule has 29 heavy (non-hydrogen) atoms. The Kier molecular flexibility index (Phi) is 8.40. The third-order valence-corrected chi connectivity index (χ3v) is 6.93. The molecule has 162 valence electrons. The van der Waals surface area contributed by atoms with E-state index in [-0.39, 0.29) is 18.7 Å². The standard InChI is InChI=1S/C25H38O4/c1-3-5-6-9-21(26)14-13-18-11-12-20-16-23-19(15-22(18)20)8-7-10-24(23)29-17-25(27)28-4-2/h7-8,10,18,20-22,26H,3-6,9,11-17H2,1-2H3. The van der Waals surface area contributed by atoms with Gasteiger partial charge in [-0.05, 0) is 86.8 Å². The van der Waals surface area contributed by atoms with Gasteiger partial charge in [-0.3, -0.25) is 0 Å². The van der Waals surface area contributed by atoms with Crippen LogP contribution in [0.25, 0.3) is 0 Å². The minimum atomic E-state index is -0.308. The van der Waals surface area contributed by atoms with Gasteiger partial charge in [0.25, 0.3) is 0 Å². The van der Waals surface area contributed by atoms with E-state index in [4.69, 9.17) is 9.47 Å². The van der Waals surface area contributed by atoms with Gasteiger partial charge in [0.1, 0.15) is 5.75 Å². The lowest BCUT2D eigenvalue weighted by Gasteiger charge is -2.32. The number of ether oxygens (including phenoxy) is 2. The largest absolute Gasteiger partial charge is 0.482 e. The van der Waals surface area contributed by atoms with Crippen molar-refractivity contribution in [1.82, 2.24) is 0 Å². The monoisotopic (exact) mass is 402 g/mol. The van der Waals surface area contributed by atoms with Gasteiger partial charge in [0.15, 0.2) is 6.61 Å². The van der Waals surface area contributed by atoms with Crippen LogP contribution >= 0.6 is 0 Å². The van der Waals surface area contributed by atoms with Gasteiger partial charge < -0.3 is 14.6 Å². The summed E-state index contributed by atoms with van der Waals surface area (Å²) >= 11 is 0. The molecule has 1 aromatic carbocycles. The Morgan fingerprint density at radius 3 is 2.83 bits per heavy atom. The summed E-state index contributed by atoms with van der Waals surface area (Å²) in [6.45, 7) is 4.38. The van der Waals surface area contributed by atoms with Crippen LogP contribution in [-0.2, 0) is 22.4 Å². The predicted octanol–water partition coefficient (Wildman–Crippen LogP) is 5.09. The molecule has 0 aliphatic heterocycles. The molecule has 3 rings (SSSR count). The SMILES string of the molecule is CCCCCC(O)CCC1CCC2Cc3c(cccc3OCC(=O)OCC)CC12. The van der Waals surface area contributed by atoms with E-state index in [2.05, 4.69) is 13.0 Å². The average Bonchev–Trinajstić information content (AvgIpc) is 3.11. The van der Waals surface area contributed by atoms with Crippen molar-refractivity contribution in [2.45, 2.75) is 84.2 Å². The minimum absolute atomic E-state index is 0.0169. The van der Waals surface area contributed by atoms with E-state index < -0.39 is 0 Å². The predicted molar refractivity (Wildman–Crippen MR) is 115 cm³/mol. The molecule has 4 nitrogen and oxygen atoms in total. The molecule has 0 spiro atoms. The van der Waals surface area contributed by atoms with E-state index >= 15 is 0 Å². The van der Waals surface area contributed by atoms with E-state index in [0.29, 0.717) is 12.5 Å². The molecule has 0 bridgehead atoms. The number of esters is 1. The quantitative estimate of drug-likeness (QED) is 0.414. The van der Waals surface area contributed by atoms with Crippen molar-refractivity contribution in [2.24, 2.45) is 17.8 Å². The number of fused-ring (bicyclic) bond motifs is 2. The van der Waals surface area contributed by atoms with Crippen molar-refractivity contribution in [3.63, 3.8) is 0 Å². The fraction of sp³-hybridized carbons (Fsp3) is 0.720. The number of hydrogen-bond donors (Lipinski definition) is 1. The van der Waals surface area contributed by atoms with Crippen LogP contribution in [0.15, 0.2) is 18.2 Å². The molecule has 0 amide bonds. The molecule has 4 heteroatoms. The molecule has 0 aromatic heterocycles. The van der Waals surface area contributed by atoms with Gasteiger partial charge in [-0.1, -0.05) is 38.3 Å². The Balaban J connectivity index is 1.56. The molecule has 2 aliphatic rings. The number of hydrogen-bond acceptors (Lipinski definition) is 4. The summed E-state index contributed by atoms with van der Waals surface area (Å²) in [5.74, 6) is 2.71. The van der Waals surface area contributed by atoms with Crippen LogP contribution in [0.3, 0.4) is 0 Å². The molecule has 0 radical (unpaired) electrons. The highest BCUT2D eigenvalue weighted by molar-refractivity contribution is 5.71. The second-order valence-electron chi connectivity index (χ2n) is 8.88. The lowest BCUT2D eigenvalue weighted by atomic mass is 9.73. The number of unbranched alkanes of at least 4 members (excludes halogenated alkanes) is 2. The lowest BCUT2D eigenvalue weighted by Crippen LogP contribution is -2.26. The second kappa shape index (κ2) is 11.0. The molecule has 1 fully saturated rings. The van der Waals surface area contributed by atoms with Crippen molar-refractivity contribution < 1.29 is 19.4 Å². The normalized spacial score (nSPS) is 23.9. The van der Waals surface area contributed by atoms with Crippen LogP contribution in [-0.4, -0.2) is 30.4 Å². The van der Waals surface area contributed by atoms with E-state index in [1.807, 2.05) is 19.1 Å². The highest BCUT2D eigenvalue weighted by Crippen LogP contribution is 2.48. The number of aliphatic hydroxyl groups is 1. The summed E-state index contributed by atoms with van der Waals surface area (Å²) in [4.78, 5) is 11.7. The summed E-state index contributed by atoms with van der Waals surface area (Å²) in [6, 6.07) is 6.25. The highest BCUT2D eigenvalue weighted by atomic mass is 16.6. The maximum absolute atomic E-state index is 11.7. The first-order chi connectivity index (χ1) is 14.1. The van der Waals surface area contributed by atoms with Crippen LogP contribution in [0, 0.1) is 17.8 Å². The summed E-state index contributed by atoms with van der Waals surface area (Å²) in [5.41, 5.74) is 2.67. The minimum Gasteiger partial charge on any atom is -0.482 e. The Bertz CT molecular complexity index is 656. The first-order valence-electron chi connectivity index (χ1n) is 11.7. The Morgan fingerprint density at radius 1 is 1.17 bits per heavy atom. The zero-order valence-electron chi connectivity index (χ0n) is 18.2. The molecule has 1 aromatic rings. The first-order valence-corrected chi connectivity index (χ1v) is 11.7. The van der Waals surface area contributed by atoms with E-state index in [0.717, 1.165) is 56.1 Å². The van der Waals surface area contributed by atoms with E-state index in [1.165, 1.54) is 36.8 Å². The topological polar surface area (TPSA) is 55.8 Å².